The SMILES string of the molecule is CN(CC(=O)N1CCCO1)C(=O)c1ccccc1. The van der Waals surface area contributed by atoms with Crippen LogP contribution in [0.1, 0.15) is 16.8 Å². The lowest BCUT2D eigenvalue weighted by molar-refractivity contribution is -0.169. The first-order chi connectivity index (χ1) is 8.68. The normalized spacial score (nSPS) is 14.6. The minimum Gasteiger partial charge on any atom is -0.332 e. The van der Waals surface area contributed by atoms with E-state index in [2.05, 4.69) is 0 Å². The monoisotopic (exact) mass is 248 g/mol. The predicted octanol–water partition coefficient (Wildman–Crippen LogP) is 0.922. The maximum absolute atomic E-state index is 12.0. The van der Waals surface area contributed by atoms with Crippen molar-refractivity contribution >= 4 is 11.8 Å². The number of benzene rings is 1. The summed E-state index contributed by atoms with van der Waals surface area (Å²) in [5.41, 5.74) is 0.579. The molecule has 0 aromatic heterocycles. The summed E-state index contributed by atoms with van der Waals surface area (Å²) >= 11 is 0. The maximum atomic E-state index is 12.0. The van der Waals surface area contributed by atoms with E-state index in [-0.39, 0.29) is 18.4 Å². The van der Waals surface area contributed by atoms with Crippen LogP contribution in [-0.2, 0) is 9.63 Å². The van der Waals surface area contributed by atoms with Gasteiger partial charge in [-0.2, -0.15) is 0 Å². The highest BCUT2D eigenvalue weighted by molar-refractivity contribution is 5.96. The summed E-state index contributed by atoms with van der Waals surface area (Å²) in [6, 6.07) is 8.91. The predicted molar refractivity (Wildman–Crippen MR) is 65.7 cm³/mol. The Morgan fingerprint density at radius 3 is 2.67 bits per heavy atom. The summed E-state index contributed by atoms with van der Waals surface area (Å²) in [6.07, 6.45) is 0.849. The molecule has 2 amide bonds. The van der Waals surface area contributed by atoms with Crippen LogP contribution >= 0.6 is 0 Å². The van der Waals surface area contributed by atoms with E-state index in [4.69, 9.17) is 4.84 Å². The second-order valence-electron chi connectivity index (χ2n) is 4.21. The number of rotatable bonds is 3. The first kappa shape index (κ1) is 12.6. The maximum Gasteiger partial charge on any atom is 0.265 e. The molecular formula is C13H16N2O3. The highest BCUT2D eigenvalue weighted by Gasteiger charge is 2.22. The van der Waals surface area contributed by atoms with Crippen LogP contribution in [-0.4, -0.2) is 48.5 Å². The molecule has 0 atom stereocenters. The molecule has 5 nitrogen and oxygen atoms in total. The van der Waals surface area contributed by atoms with Gasteiger partial charge in [0.25, 0.3) is 11.8 Å². The number of likely N-dealkylation sites (N-methyl/N-ethyl adjacent to an activating group) is 1. The van der Waals surface area contributed by atoms with Crippen LogP contribution in [0.5, 0.6) is 0 Å². The Hall–Kier alpha value is -1.88. The van der Waals surface area contributed by atoms with Crippen LogP contribution in [0.2, 0.25) is 0 Å². The van der Waals surface area contributed by atoms with Crippen molar-refractivity contribution < 1.29 is 14.4 Å². The zero-order valence-corrected chi connectivity index (χ0v) is 10.3. The van der Waals surface area contributed by atoms with Crippen molar-refractivity contribution in [3.05, 3.63) is 35.9 Å². The van der Waals surface area contributed by atoms with Crippen molar-refractivity contribution in [2.45, 2.75) is 6.42 Å². The fourth-order valence-electron chi connectivity index (χ4n) is 1.80. The summed E-state index contributed by atoms with van der Waals surface area (Å²) < 4.78 is 0. The summed E-state index contributed by atoms with van der Waals surface area (Å²) in [7, 11) is 1.61. The van der Waals surface area contributed by atoms with Gasteiger partial charge in [0.2, 0.25) is 0 Å². The standard InChI is InChI=1S/C13H16N2O3/c1-14(10-12(16)15-8-5-9-18-15)13(17)11-6-3-2-4-7-11/h2-4,6-7H,5,8-10H2,1H3. The molecule has 1 aromatic carbocycles. The van der Waals surface area contributed by atoms with Gasteiger partial charge < -0.3 is 4.90 Å². The molecule has 0 saturated carbocycles. The minimum atomic E-state index is -0.181. The van der Waals surface area contributed by atoms with E-state index in [1.807, 2.05) is 6.07 Å². The highest BCUT2D eigenvalue weighted by Crippen LogP contribution is 2.07. The third-order valence-corrected chi connectivity index (χ3v) is 2.77. The minimum absolute atomic E-state index is 0.0354. The van der Waals surface area contributed by atoms with Crippen molar-refractivity contribution in [2.24, 2.45) is 0 Å². The third-order valence-electron chi connectivity index (χ3n) is 2.77. The smallest absolute Gasteiger partial charge is 0.265 e. The molecule has 1 fully saturated rings. The van der Waals surface area contributed by atoms with Crippen molar-refractivity contribution in [1.29, 1.82) is 0 Å². The lowest BCUT2D eigenvalue weighted by atomic mass is 10.2. The Morgan fingerprint density at radius 1 is 1.33 bits per heavy atom. The molecule has 0 unspecified atom stereocenters. The van der Waals surface area contributed by atoms with Gasteiger partial charge in [-0.15, -0.1) is 0 Å². The molecule has 0 aliphatic carbocycles. The fourth-order valence-corrected chi connectivity index (χ4v) is 1.80. The van der Waals surface area contributed by atoms with E-state index in [0.29, 0.717) is 18.7 Å². The summed E-state index contributed by atoms with van der Waals surface area (Å²) in [5, 5.41) is 1.33. The number of nitrogens with zero attached hydrogens (tertiary/aromatic N) is 2. The van der Waals surface area contributed by atoms with Gasteiger partial charge in [0, 0.05) is 12.6 Å². The molecule has 1 heterocycles. The molecule has 1 aliphatic heterocycles. The fraction of sp³-hybridized carbons (Fsp3) is 0.385. The summed E-state index contributed by atoms with van der Waals surface area (Å²) in [5.74, 6) is -0.345. The zero-order valence-electron chi connectivity index (χ0n) is 10.3. The van der Waals surface area contributed by atoms with E-state index in [0.717, 1.165) is 6.42 Å². The number of hydroxylamine groups is 2. The van der Waals surface area contributed by atoms with Crippen LogP contribution in [0.25, 0.3) is 0 Å². The van der Waals surface area contributed by atoms with Crippen molar-refractivity contribution in [1.82, 2.24) is 9.96 Å². The van der Waals surface area contributed by atoms with Gasteiger partial charge in [0.15, 0.2) is 0 Å². The largest absolute Gasteiger partial charge is 0.332 e. The summed E-state index contributed by atoms with van der Waals surface area (Å²) in [4.78, 5) is 30.4. The van der Waals surface area contributed by atoms with E-state index >= 15 is 0 Å². The average molecular weight is 248 g/mol. The van der Waals surface area contributed by atoms with Gasteiger partial charge in [-0.1, -0.05) is 18.2 Å². The Labute approximate surface area is 106 Å². The van der Waals surface area contributed by atoms with E-state index in [1.54, 1.807) is 31.3 Å². The number of amides is 2. The molecule has 0 radical (unpaired) electrons. The van der Waals surface area contributed by atoms with Crippen LogP contribution in [0.4, 0.5) is 0 Å². The second kappa shape index (κ2) is 5.64. The molecule has 0 N–H and O–H groups in total. The first-order valence-corrected chi connectivity index (χ1v) is 5.92. The summed E-state index contributed by atoms with van der Waals surface area (Å²) in [6.45, 7) is 1.21. The Kier molecular flexibility index (Phi) is 3.94. The molecule has 1 aromatic rings. The van der Waals surface area contributed by atoms with Gasteiger partial charge in [-0.25, -0.2) is 5.06 Å². The zero-order chi connectivity index (χ0) is 13.0. The highest BCUT2D eigenvalue weighted by atomic mass is 16.7. The topological polar surface area (TPSA) is 49.9 Å². The molecular weight excluding hydrogens is 232 g/mol. The van der Waals surface area contributed by atoms with Gasteiger partial charge in [-0.3, -0.25) is 14.4 Å². The lowest BCUT2D eigenvalue weighted by Gasteiger charge is -2.20. The molecule has 2 rings (SSSR count). The van der Waals surface area contributed by atoms with Crippen LogP contribution < -0.4 is 0 Å². The number of carbonyl (C=O) groups excluding carboxylic acids is 2. The van der Waals surface area contributed by atoms with Gasteiger partial charge in [-0.05, 0) is 18.6 Å². The molecule has 18 heavy (non-hydrogen) atoms. The van der Waals surface area contributed by atoms with Crippen molar-refractivity contribution in [3.8, 4) is 0 Å². The Morgan fingerprint density at radius 2 is 2.06 bits per heavy atom. The van der Waals surface area contributed by atoms with Crippen LogP contribution in [0.15, 0.2) is 30.3 Å². The third kappa shape index (κ3) is 2.87. The number of hydrogen-bond acceptors (Lipinski definition) is 3. The average Bonchev–Trinajstić information content (AvgIpc) is 2.92. The van der Waals surface area contributed by atoms with Gasteiger partial charge >= 0.3 is 0 Å². The van der Waals surface area contributed by atoms with E-state index in [1.165, 1.54) is 9.96 Å². The van der Waals surface area contributed by atoms with Crippen molar-refractivity contribution in [2.75, 3.05) is 26.7 Å². The van der Waals surface area contributed by atoms with Crippen LogP contribution in [0, 0.1) is 0 Å². The second-order valence-corrected chi connectivity index (χ2v) is 4.21. The molecule has 96 valence electrons. The number of carbonyl (C=O) groups is 2. The van der Waals surface area contributed by atoms with Gasteiger partial charge in [0.05, 0.1) is 13.2 Å². The molecule has 1 saturated heterocycles. The number of hydrogen-bond donors (Lipinski definition) is 0. The van der Waals surface area contributed by atoms with Gasteiger partial charge in [0.1, 0.15) is 6.54 Å². The first-order valence-electron chi connectivity index (χ1n) is 5.92. The molecule has 1 aliphatic rings. The molecule has 5 heteroatoms. The molecule has 0 spiro atoms. The van der Waals surface area contributed by atoms with E-state index in [9.17, 15) is 9.59 Å². The Balaban J connectivity index is 1.93. The lowest BCUT2D eigenvalue weighted by Crippen LogP contribution is -2.39. The Bertz CT molecular complexity index is 427. The molecule has 0 bridgehead atoms. The quantitative estimate of drug-likeness (QED) is 0.799. The van der Waals surface area contributed by atoms with E-state index < -0.39 is 0 Å². The van der Waals surface area contributed by atoms with Crippen molar-refractivity contribution in [3.63, 3.8) is 0 Å². The van der Waals surface area contributed by atoms with Crippen LogP contribution in [0.3, 0.4) is 0 Å².